The molecule has 0 aromatic heterocycles. The van der Waals surface area contributed by atoms with E-state index < -0.39 is 34.5 Å². The number of carbonyl (C=O) groups excluding carboxylic acids is 3. The number of sulfonamides is 1. The SMILES string of the molecule is CCCNC(=O)NC(=O)COC(=O)c1ccc(S(=O)(=O)N2CC(C)CC(C)C2)cc1. The van der Waals surface area contributed by atoms with E-state index >= 15 is 0 Å². The summed E-state index contributed by atoms with van der Waals surface area (Å²) in [5.41, 5.74) is 0.109. The number of hydrogen-bond donors (Lipinski definition) is 2. The van der Waals surface area contributed by atoms with Crippen LogP contribution in [-0.2, 0) is 19.6 Å². The highest BCUT2D eigenvalue weighted by Gasteiger charge is 2.31. The lowest BCUT2D eigenvalue weighted by molar-refractivity contribution is -0.123. The molecule has 1 aromatic carbocycles. The molecule has 1 aromatic rings. The van der Waals surface area contributed by atoms with Gasteiger partial charge < -0.3 is 10.1 Å². The van der Waals surface area contributed by atoms with Crippen LogP contribution in [0.15, 0.2) is 29.2 Å². The van der Waals surface area contributed by atoms with Gasteiger partial charge in [-0.2, -0.15) is 4.31 Å². The van der Waals surface area contributed by atoms with E-state index in [1.165, 1.54) is 28.6 Å². The van der Waals surface area contributed by atoms with Crippen molar-refractivity contribution < 1.29 is 27.5 Å². The summed E-state index contributed by atoms with van der Waals surface area (Å²) in [5.74, 6) is -0.978. The molecule has 2 N–H and O–H groups in total. The van der Waals surface area contributed by atoms with Crippen LogP contribution in [0.25, 0.3) is 0 Å². The molecule has 0 radical (unpaired) electrons. The largest absolute Gasteiger partial charge is 0.452 e. The Balaban J connectivity index is 1.94. The van der Waals surface area contributed by atoms with E-state index in [4.69, 9.17) is 4.74 Å². The Morgan fingerprint density at radius 3 is 2.27 bits per heavy atom. The van der Waals surface area contributed by atoms with E-state index in [1.807, 2.05) is 26.1 Å². The zero-order valence-corrected chi connectivity index (χ0v) is 18.3. The maximum Gasteiger partial charge on any atom is 0.338 e. The summed E-state index contributed by atoms with van der Waals surface area (Å²) in [6.45, 7) is 6.66. The van der Waals surface area contributed by atoms with Crippen LogP contribution in [0.3, 0.4) is 0 Å². The van der Waals surface area contributed by atoms with Crippen molar-refractivity contribution in [1.82, 2.24) is 14.9 Å². The van der Waals surface area contributed by atoms with Gasteiger partial charge in [0.05, 0.1) is 10.5 Å². The van der Waals surface area contributed by atoms with E-state index in [2.05, 4.69) is 5.32 Å². The second-order valence-electron chi connectivity index (χ2n) is 7.67. The highest BCUT2D eigenvalue weighted by Crippen LogP contribution is 2.26. The lowest BCUT2D eigenvalue weighted by Gasteiger charge is -2.34. The quantitative estimate of drug-likeness (QED) is 0.624. The molecule has 1 fully saturated rings. The topological polar surface area (TPSA) is 122 Å². The number of carbonyl (C=O) groups is 3. The van der Waals surface area contributed by atoms with E-state index in [-0.39, 0.29) is 22.3 Å². The lowest BCUT2D eigenvalue weighted by atomic mass is 9.94. The molecule has 10 heteroatoms. The Kier molecular flexibility index (Phi) is 8.36. The zero-order valence-electron chi connectivity index (χ0n) is 17.5. The minimum Gasteiger partial charge on any atom is -0.452 e. The van der Waals surface area contributed by atoms with Gasteiger partial charge in [0.1, 0.15) is 0 Å². The minimum absolute atomic E-state index is 0.102. The molecule has 30 heavy (non-hydrogen) atoms. The number of urea groups is 1. The van der Waals surface area contributed by atoms with Gasteiger partial charge in [0.25, 0.3) is 5.91 Å². The highest BCUT2D eigenvalue weighted by atomic mass is 32.2. The Hall–Kier alpha value is -2.46. The van der Waals surface area contributed by atoms with Gasteiger partial charge in [0.2, 0.25) is 10.0 Å². The number of nitrogens with zero attached hydrogens (tertiary/aromatic N) is 1. The fourth-order valence-electron chi connectivity index (χ4n) is 3.37. The van der Waals surface area contributed by atoms with Crippen LogP contribution in [0.5, 0.6) is 0 Å². The van der Waals surface area contributed by atoms with Gasteiger partial charge in [-0.05, 0) is 48.9 Å². The Morgan fingerprint density at radius 1 is 1.10 bits per heavy atom. The number of piperidine rings is 1. The van der Waals surface area contributed by atoms with Crippen molar-refractivity contribution in [3.8, 4) is 0 Å². The van der Waals surface area contributed by atoms with Crippen LogP contribution in [0, 0.1) is 11.8 Å². The van der Waals surface area contributed by atoms with Crippen molar-refractivity contribution in [1.29, 1.82) is 0 Å². The molecule has 0 saturated carbocycles. The van der Waals surface area contributed by atoms with Crippen LogP contribution < -0.4 is 10.6 Å². The number of hydrogen-bond acceptors (Lipinski definition) is 6. The molecule has 1 heterocycles. The normalized spacial score (nSPS) is 19.7. The maximum atomic E-state index is 12.9. The average Bonchev–Trinajstić information content (AvgIpc) is 2.69. The van der Waals surface area contributed by atoms with Gasteiger partial charge >= 0.3 is 12.0 Å². The van der Waals surface area contributed by atoms with Crippen molar-refractivity contribution in [3.05, 3.63) is 29.8 Å². The third-order valence-corrected chi connectivity index (χ3v) is 6.53. The fourth-order valence-corrected chi connectivity index (χ4v) is 5.05. The van der Waals surface area contributed by atoms with Crippen molar-refractivity contribution >= 4 is 27.9 Å². The van der Waals surface area contributed by atoms with Gasteiger partial charge in [-0.1, -0.05) is 20.8 Å². The fraction of sp³-hybridized carbons (Fsp3) is 0.550. The lowest BCUT2D eigenvalue weighted by Crippen LogP contribution is -2.42. The van der Waals surface area contributed by atoms with E-state index in [0.29, 0.717) is 19.6 Å². The number of benzene rings is 1. The molecule has 0 aliphatic carbocycles. The number of nitrogens with one attached hydrogen (secondary N) is 2. The van der Waals surface area contributed by atoms with Crippen molar-refractivity contribution in [3.63, 3.8) is 0 Å². The van der Waals surface area contributed by atoms with Crippen molar-refractivity contribution in [2.45, 2.75) is 38.5 Å². The van der Waals surface area contributed by atoms with Gasteiger partial charge in [0, 0.05) is 19.6 Å². The summed E-state index contributed by atoms with van der Waals surface area (Å²) >= 11 is 0. The first-order valence-corrected chi connectivity index (χ1v) is 11.4. The van der Waals surface area contributed by atoms with E-state index in [9.17, 15) is 22.8 Å². The third-order valence-electron chi connectivity index (χ3n) is 4.69. The summed E-state index contributed by atoms with van der Waals surface area (Å²) in [7, 11) is -3.64. The standard InChI is InChI=1S/C20H29N3O6S/c1-4-9-21-20(26)22-18(24)13-29-19(25)16-5-7-17(8-6-16)30(27,28)23-11-14(2)10-15(3)12-23/h5-8,14-15H,4,9-13H2,1-3H3,(H2,21,22,24,26). The van der Waals surface area contributed by atoms with Crippen molar-refractivity contribution in [2.24, 2.45) is 11.8 Å². The number of esters is 1. The van der Waals surface area contributed by atoms with Gasteiger partial charge in [-0.3, -0.25) is 10.1 Å². The molecular formula is C20H29N3O6S. The highest BCUT2D eigenvalue weighted by molar-refractivity contribution is 7.89. The molecule has 3 amide bonds. The number of imide groups is 1. The van der Waals surface area contributed by atoms with Crippen LogP contribution in [-0.4, -0.2) is 56.9 Å². The average molecular weight is 440 g/mol. The molecule has 1 aliphatic heterocycles. The van der Waals surface area contributed by atoms with Gasteiger partial charge in [-0.25, -0.2) is 18.0 Å². The second kappa shape index (κ2) is 10.5. The van der Waals surface area contributed by atoms with E-state index in [0.717, 1.165) is 12.8 Å². The number of ether oxygens (including phenoxy) is 1. The van der Waals surface area contributed by atoms with Gasteiger partial charge in [-0.15, -0.1) is 0 Å². The third kappa shape index (κ3) is 6.53. The zero-order chi connectivity index (χ0) is 22.3. The summed E-state index contributed by atoms with van der Waals surface area (Å²) in [4.78, 5) is 35.2. The first-order chi connectivity index (χ1) is 14.1. The molecule has 2 unspecified atom stereocenters. The smallest absolute Gasteiger partial charge is 0.338 e. The molecule has 166 valence electrons. The number of rotatable bonds is 7. The Labute approximate surface area is 177 Å². The molecule has 1 aliphatic rings. The monoisotopic (exact) mass is 439 g/mol. The Morgan fingerprint density at radius 2 is 1.70 bits per heavy atom. The minimum atomic E-state index is -3.64. The molecule has 2 atom stereocenters. The van der Waals surface area contributed by atoms with Crippen molar-refractivity contribution in [2.75, 3.05) is 26.2 Å². The summed E-state index contributed by atoms with van der Waals surface area (Å²) < 4.78 is 32.1. The Bertz CT molecular complexity index is 859. The summed E-state index contributed by atoms with van der Waals surface area (Å²) in [5, 5.41) is 4.51. The predicted octanol–water partition coefficient (Wildman–Crippen LogP) is 1.75. The molecule has 9 nitrogen and oxygen atoms in total. The van der Waals surface area contributed by atoms with Crippen LogP contribution in [0.1, 0.15) is 44.0 Å². The second-order valence-corrected chi connectivity index (χ2v) is 9.61. The molecule has 1 saturated heterocycles. The van der Waals surface area contributed by atoms with Gasteiger partial charge in [0.15, 0.2) is 6.61 Å². The number of amides is 3. The predicted molar refractivity (Wildman–Crippen MR) is 110 cm³/mol. The molecule has 0 bridgehead atoms. The molecule has 0 spiro atoms. The summed E-state index contributed by atoms with van der Waals surface area (Å²) in [6, 6.07) is 4.74. The van der Waals surface area contributed by atoms with Crippen LogP contribution in [0.2, 0.25) is 0 Å². The summed E-state index contributed by atoms with van der Waals surface area (Å²) in [6.07, 6.45) is 1.71. The first kappa shape index (κ1) is 23.8. The molecule has 2 rings (SSSR count). The molecular weight excluding hydrogens is 410 g/mol. The maximum absolute atomic E-state index is 12.9. The van der Waals surface area contributed by atoms with Crippen LogP contribution in [0.4, 0.5) is 4.79 Å². The van der Waals surface area contributed by atoms with E-state index in [1.54, 1.807) is 0 Å². The van der Waals surface area contributed by atoms with Crippen LogP contribution >= 0.6 is 0 Å². The first-order valence-electron chi connectivity index (χ1n) is 9.98.